The first-order valence-corrected chi connectivity index (χ1v) is 7.00. The summed E-state index contributed by atoms with van der Waals surface area (Å²) in [4.78, 5) is 6.42. The Balaban J connectivity index is 2.08. The number of nitrogens with zero attached hydrogens (tertiary/aromatic N) is 1. The van der Waals surface area contributed by atoms with Gasteiger partial charge in [-0.05, 0) is 12.1 Å². The first-order valence-electron chi connectivity index (χ1n) is 5.51. The molecule has 0 bridgehead atoms. The zero-order valence-corrected chi connectivity index (χ0v) is 10.7. The number of para-hydroxylation sites is 1. The number of H-pyrrole nitrogens is 1. The Bertz CT molecular complexity index is 655. The second kappa shape index (κ2) is 5.37. The molecule has 4 N–H and O–H groups in total. The number of aromatic amines is 1. The molecule has 1 heterocycles. The second-order valence-electron chi connectivity index (χ2n) is 3.88. The predicted molar refractivity (Wildman–Crippen MR) is 68.3 cm³/mol. The molecule has 0 unspecified atom stereocenters. The van der Waals surface area contributed by atoms with E-state index in [0.717, 1.165) is 11.8 Å². The fourth-order valence-corrected chi connectivity index (χ4v) is 2.74. The highest BCUT2D eigenvalue weighted by Gasteiger charge is 2.18. The Kier molecular flexibility index (Phi) is 3.82. The van der Waals surface area contributed by atoms with E-state index in [1.807, 2.05) is 0 Å². The molecule has 2 rings (SSSR count). The zero-order valence-electron chi connectivity index (χ0n) is 9.93. The summed E-state index contributed by atoms with van der Waals surface area (Å²) in [5, 5.41) is 0. The summed E-state index contributed by atoms with van der Waals surface area (Å²) in [6.45, 7) is 0.167. The van der Waals surface area contributed by atoms with E-state index in [2.05, 4.69) is 14.7 Å². The molecule has 0 aliphatic rings. The molecule has 0 saturated heterocycles. The van der Waals surface area contributed by atoms with Gasteiger partial charge in [0, 0.05) is 24.9 Å². The zero-order chi connectivity index (χ0) is 13.9. The third-order valence-electron chi connectivity index (χ3n) is 2.54. The van der Waals surface area contributed by atoms with Crippen molar-refractivity contribution in [2.24, 2.45) is 0 Å². The summed E-state index contributed by atoms with van der Waals surface area (Å²) >= 11 is 0. The molecule has 0 saturated carbocycles. The van der Waals surface area contributed by atoms with Gasteiger partial charge in [-0.3, -0.25) is 0 Å². The molecule has 102 valence electrons. The van der Waals surface area contributed by atoms with Crippen LogP contribution < -0.4 is 10.5 Å². The van der Waals surface area contributed by atoms with Crippen LogP contribution in [0.15, 0.2) is 35.6 Å². The fourth-order valence-electron chi connectivity index (χ4n) is 1.57. The number of aromatic nitrogens is 2. The molecule has 0 radical (unpaired) electrons. The summed E-state index contributed by atoms with van der Waals surface area (Å²) in [6.07, 6.45) is 3.56. The first kappa shape index (κ1) is 13.5. The van der Waals surface area contributed by atoms with E-state index in [-0.39, 0.29) is 17.1 Å². The number of nitrogens with two attached hydrogens (primary N) is 1. The van der Waals surface area contributed by atoms with Gasteiger partial charge < -0.3 is 10.7 Å². The molecule has 0 amide bonds. The Morgan fingerprint density at radius 1 is 1.42 bits per heavy atom. The van der Waals surface area contributed by atoms with Crippen molar-refractivity contribution in [3.05, 3.63) is 42.2 Å². The molecule has 0 fully saturated rings. The van der Waals surface area contributed by atoms with E-state index in [0.29, 0.717) is 6.42 Å². The van der Waals surface area contributed by atoms with Gasteiger partial charge in [0.15, 0.2) is 0 Å². The van der Waals surface area contributed by atoms with Crippen LogP contribution in [0.5, 0.6) is 0 Å². The number of halogens is 1. The van der Waals surface area contributed by atoms with E-state index < -0.39 is 15.8 Å². The maximum Gasteiger partial charge on any atom is 0.242 e. The van der Waals surface area contributed by atoms with E-state index in [1.165, 1.54) is 18.5 Å². The lowest BCUT2D eigenvalue weighted by Crippen LogP contribution is -2.27. The van der Waals surface area contributed by atoms with Crippen LogP contribution in [-0.2, 0) is 16.4 Å². The molecule has 19 heavy (non-hydrogen) atoms. The highest BCUT2D eigenvalue weighted by atomic mass is 32.2. The standard InChI is InChI=1S/C11H13FN4O2S/c12-9-2-1-3-10(11(9)13)19(17,18)16-5-4-8-6-14-7-15-8/h1-3,6-7,16H,4-5,13H2,(H,14,15). The number of nitrogens with one attached hydrogen (secondary N) is 2. The first-order chi connectivity index (χ1) is 9.00. The van der Waals surface area contributed by atoms with Crippen molar-refractivity contribution >= 4 is 15.7 Å². The van der Waals surface area contributed by atoms with Crippen molar-refractivity contribution in [2.75, 3.05) is 12.3 Å². The van der Waals surface area contributed by atoms with Crippen LogP contribution in [0.4, 0.5) is 10.1 Å². The summed E-state index contributed by atoms with van der Waals surface area (Å²) in [5.41, 5.74) is 5.85. The molecular weight excluding hydrogens is 271 g/mol. The van der Waals surface area contributed by atoms with Crippen LogP contribution in [0, 0.1) is 5.82 Å². The molecule has 8 heteroatoms. The van der Waals surface area contributed by atoms with Crippen LogP contribution in [0.1, 0.15) is 5.69 Å². The van der Waals surface area contributed by atoms with Crippen LogP contribution in [0.3, 0.4) is 0 Å². The molecule has 0 aliphatic heterocycles. The topological polar surface area (TPSA) is 101 Å². The van der Waals surface area contributed by atoms with E-state index >= 15 is 0 Å². The molecular formula is C11H13FN4O2S. The summed E-state index contributed by atoms with van der Waals surface area (Å²) in [7, 11) is -3.82. The highest BCUT2D eigenvalue weighted by molar-refractivity contribution is 7.89. The lowest BCUT2D eigenvalue weighted by molar-refractivity contribution is 0.579. The van der Waals surface area contributed by atoms with Gasteiger partial charge in [0.05, 0.1) is 12.0 Å². The number of anilines is 1. The molecule has 2 aromatic rings. The number of benzene rings is 1. The largest absolute Gasteiger partial charge is 0.395 e. The van der Waals surface area contributed by atoms with Gasteiger partial charge in [-0.25, -0.2) is 22.5 Å². The quantitative estimate of drug-likeness (QED) is 0.702. The number of rotatable bonds is 5. The van der Waals surface area contributed by atoms with Crippen molar-refractivity contribution < 1.29 is 12.8 Å². The van der Waals surface area contributed by atoms with Gasteiger partial charge >= 0.3 is 0 Å². The third kappa shape index (κ3) is 3.09. The van der Waals surface area contributed by atoms with E-state index in [4.69, 9.17) is 5.73 Å². The lowest BCUT2D eigenvalue weighted by Gasteiger charge is -2.09. The van der Waals surface area contributed by atoms with Crippen molar-refractivity contribution in [3.8, 4) is 0 Å². The summed E-state index contributed by atoms with van der Waals surface area (Å²) in [5.74, 6) is -0.753. The minimum Gasteiger partial charge on any atom is -0.395 e. The van der Waals surface area contributed by atoms with Gasteiger partial charge in [0.25, 0.3) is 0 Å². The van der Waals surface area contributed by atoms with Crippen LogP contribution in [0.25, 0.3) is 0 Å². The normalized spacial score (nSPS) is 11.6. The number of nitrogen functional groups attached to an aromatic ring is 1. The average molecular weight is 284 g/mol. The van der Waals surface area contributed by atoms with Gasteiger partial charge in [-0.1, -0.05) is 6.07 Å². The maximum absolute atomic E-state index is 13.2. The third-order valence-corrected chi connectivity index (χ3v) is 4.06. The number of imidazole rings is 1. The maximum atomic E-state index is 13.2. The minimum absolute atomic E-state index is 0.167. The monoisotopic (exact) mass is 284 g/mol. The fraction of sp³-hybridized carbons (Fsp3) is 0.182. The molecule has 6 nitrogen and oxygen atoms in total. The molecule has 0 aliphatic carbocycles. The highest BCUT2D eigenvalue weighted by Crippen LogP contribution is 2.20. The SMILES string of the molecule is Nc1c(F)cccc1S(=O)(=O)NCCc1cnc[nH]1. The number of hydrogen-bond donors (Lipinski definition) is 3. The Morgan fingerprint density at radius 3 is 2.89 bits per heavy atom. The Labute approximate surface area is 109 Å². The van der Waals surface area contributed by atoms with E-state index in [9.17, 15) is 12.8 Å². The lowest BCUT2D eigenvalue weighted by atomic mass is 10.3. The number of hydrogen-bond acceptors (Lipinski definition) is 4. The predicted octanol–water partition coefficient (Wildman–Crippen LogP) is 0.652. The van der Waals surface area contributed by atoms with Crippen LogP contribution in [-0.4, -0.2) is 24.9 Å². The van der Waals surface area contributed by atoms with Crippen molar-refractivity contribution in [3.63, 3.8) is 0 Å². The Hall–Kier alpha value is -1.93. The van der Waals surface area contributed by atoms with Gasteiger partial charge in [0.2, 0.25) is 10.0 Å². The minimum atomic E-state index is -3.82. The van der Waals surface area contributed by atoms with Crippen molar-refractivity contribution in [1.82, 2.24) is 14.7 Å². The summed E-state index contributed by atoms with van der Waals surface area (Å²) in [6, 6.07) is 3.67. The smallest absolute Gasteiger partial charge is 0.242 e. The van der Waals surface area contributed by atoms with Crippen LogP contribution >= 0.6 is 0 Å². The van der Waals surface area contributed by atoms with E-state index in [1.54, 1.807) is 6.20 Å². The van der Waals surface area contributed by atoms with Crippen LogP contribution in [0.2, 0.25) is 0 Å². The summed E-state index contributed by atoms with van der Waals surface area (Å²) < 4.78 is 39.5. The average Bonchev–Trinajstić information content (AvgIpc) is 2.85. The van der Waals surface area contributed by atoms with Gasteiger partial charge in [-0.2, -0.15) is 0 Å². The second-order valence-corrected chi connectivity index (χ2v) is 5.61. The molecule has 1 aromatic heterocycles. The van der Waals surface area contributed by atoms with Gasteiger partial charge in [0.1, 0.15) is 10.7 Å². The van der Waals surface area contributed by atoms with Crippen molar-refractivity contribution in [2.45, 2.75) is 11.3 Å². The molecule has 1 aromatic carbocycles. The van der Waals surface area contributed by atoms with Gasteiger partial charge in [-0.15, -0.1) is 0 Å². The number of sulfonamides is 1. The molecule has 0 spiro atoms. The molecule has 0 atom stereocenters. The Morgan fingerprint density at radius 2 is 2.21 bits per heavy atom. The van der Waals surface area contributed by atoms with Crippen molar-refractivity contribution in [1.29, 1.82) is 0 Å².